The Morgan fingerprint density at radius 1 is 1.31 bits per heavy atom. The van der Waals surface area contributed by atoms with Crippen LogP contribution in [0.15, 0.2) is 23.4 Å². The summed E-state index contributed by atoms with van der Waals surface area (Å²) in [5.74, 6) is 0. The van der Waals surface area contributed by atoms with E-state index in [0.29, 0.717) is 0 Å². The lowest BCUT2D eigenvalue weighted by Crippen LogP contribution is -2.23. The molecule has 0 amide bonds. The Kier molecular flexibility index (Phi) is 6.38. The Morgan fingerprint density at radius 2 is 1.92 bits per heavy atom. The minimum atomic E-state index is 1.21. The summed E-state index contributed by atoms with van der Waals surface area (Å²) in [7, 11) is 2.16. The lowest BCUT2D eigenvalue weighted by atomic mass is 10.0. The zero-order valence-corrected chi connectivity index (χ0v) is 9.72. The van der Waals surface area contributed by atoms with Crippen molar-refractivity contribution in [2.45, 2.75) is 40.5 Å². The highest BCUT2D eigenvalue weighted by molar-refractivity contribution is 5.24. The zero-order chi connectivity index (χ0) is 10.3. The first kappa shape index (κ1) is 12.3. The molecule has 0 N–H and O–H groups in total. The van der Waals surface area contributed by atoms with Gasteiger partial charge in [0, 0.05) is 19.3 Å². The van der Waals surface area contributed by atoms with E-state index in [0.717, 1.165) is 0 Å². The maximum atomic E-state index is 2.33. The molecule has 0 aromatic rings. The highest BCUT2D eigenvalue weighted by Gasteiger charge is 2.10. The summed E-state index contributed by atoms with van der Waals surface area (Å²) in [4.78, 5) is 2.33. The van der Waals surface area contributed by atoms with E-state index in [-0.39, 0.29) is 0 Å². The van der Waals surface area contributed by atoms with E-state index in [9.17, 15) is 0 Å². The van der Waals surface area contributed by atoms with Crippen LogP contribution in [0.5, 0.6) is 0 Å². The molecule has 0 aromatic carbocycles. The van der Waals surface area contributed by atoms with Crippen molar-refractivity contribution in [2.75, 3.05) is 13.6 Å². The summed E-state index contributed by atoms with van der Waals surface area (Å²) >= 11 is 0. The monoisotopic (exact) mass is 181 g/mol. The van der Waals surface area contributed by atoms with Crippen molar-refractivity contribution < 1.29 is 0 Å². The van der Waals surface area contributed by atoms with Gasteiger partial charge in [0.25, 0.3) is 0 Å². The molecular formula is C12H23N. The molecule has 0 radical (unpaired) electrons. The van der Waals surface area contributed by atoms with Crippen LogP contribution in [0.1, 0.15) is 40.5 Å². The molecule has 13 heavy (non-hydrogen) atoms. The largest absolute Gasteiger partial charge is 0.375 e. The first-order chi connectivity index (χ1) is 6.25. The van der Waals surface area contributed by atoms with Crippen molar-refractivity contribution in [1.82, 2.24) is 4.90 Å². The van der Waals surface area contributed by atoms with Crippen LogP contribution in [0, 0.1) is 0 Å². The molecule has 0 saturated carbocycles. The predicted octanol–water partition coefficient (Wildman–Crippen LogP) is 3.59. The van der Waals surface area contributed by atoms with Gasteiger partial charge >= 0.3 is 0 Å². The fraction of sp³-hybridized carbons (Fsp3) is 0.667. The average Bonchev–Trinajstić information content (AvgIpc) is 2.15. The van der Waals surface area contributed by atoms with Crippen molar-refractivity contribution in [3.8, 4) is 0 Å². The molecule has 1 heteroatoms. The molecule has 1 aliphatic rings. The fourth-order valence-electron chi connectivity index (χ4n) is 1.58. The van der Waals surface area contributed by atoms with E-state index in [2.05, 4.69) is 37.9 Å². The molecular weight excluding hydrogens is 158 g/mol. The quantitative estimate of drug-likeness (QED) is 0.597. The number of hydrogen-bond acceptors (Lipinski definition) is 1. The van der Waals surface area contributed by atoms with Crippen molar-refractivity contribution in [2.24, 2.45) is 0 Å². The Balaban J connectivity index is 0.000000671. The number of allylic oxidation sites excluding steroid dienone is 3. The molecule has 1 nitrogen and oxygen atoms in total. The maximum absolute atomic E-state index is 2.33. The summed E-state index contributed by atoms with van der Waals surface area (Å²) < 4.78 is 0. The van der Waals surface area contributed by atoms with Gasteiger partial charge in [0.2, 0.25) is 0 Å². The van der Waals surface area contributed by atoms with Gasteiger partial charge in [0.05, 0.1) is 0 Å². The maximum Gasteiger partial charge on any atom is 0.0349 e. The third kappa shape index (κ3) is 3.67. The summed E-state index contributed by atoms with van der Waals surface area (Å²) in [6.07, 6.45) is 6.89. The number of likely N-dealkylation sites (N-methyl/N-ethyl adjacent to an activating group) is 1. The lowest BCUT2D eigenvalue weighted by molar-refractivity contribution is 0.391. The lowest BCUT2D eigenvalue weighted by Gasteiger charge is -2.27. The molecule has 0 saturated heterocycles. The molecule has 76 valence electrons. The van der Waals surface area contributed by atoms with Gasteiger partial charge in [0.15, 0.2) is 0 Å². The third-order valence-corrected chi connectivity index (χ3v) is 2.22. The van der Waals surface area contributed by atoms with Crippen LogP contribution in [0.4, 0.5) is 0 Å². The first-order valence-corrected chi connectivity index (χ1v) is 5.29. The topological polar surface area (TPSA) is 3.24 Å². The minimum Gasteiger partial charge on any atom is -0.375 e. The van der Waals surface area contributed by atoms with Gasteiger partial charge in [-0.2, -0.15) is 0 Å². The van der Waals surface area contributed by atoms with Gasteiger partial charge in [-0.25, -0.2) is 0 Å². The number of nitrogens with zero attached hydrogens (tertiary/aromatic N) is 1. The molecule has 0 aliphatic carbocycles. The second-order valence-corrected chi connectivity index (χ2v) is 3.19. The molecule has 0 atom stereocenters. The summed E-state index contributed by atoms with van der Waals surface area (Å²) in [5, 5.41) is 0. The predicted molar refractivity (Wildman–Crippen MR) is 60.7 cm³/mol. The smallest absolute Gasteiger partial charge is 0.0349 e. The van der Waals surface area contributed by atoms with Crippen LogP contribution in [0.25, 0.3) is 0 Å². The van der Waals surface area contributed by atoms with E-state index in [1.165, 1.54) is 30.7 Å². The van der Waals surface area contributed by atoms with E-state index < -0.39 is 0 Å². The normalized spacial score (nSPS) is 17.5. The van der Waals surface area contributed by atoms with Crippen molar-refractivity contribution in [3.63, 3.8) is 0 Å². The highest BCUT2D eigenvalue weighted by atomic mass is 15.1. The molecule has 1 heterocycles. The highest BCUT2D eigenvalue weighted by Crippen LogP contribution is 2.20. The Bertz CT molecular complexity index is 189. The number of rotatable bonds is 1. The van der Waals surface area contributed by atoms with Crippen LogP contribution < -0.4 is 0 Å². The molecule has 0 unspecified atom stereocenters. The Hall–Kier alpha value is -0.720. The summed E-state index contributed by atoms with van der Waals surface area (Å²) in [6, 6.07) is 0. The van der Waals surface area contributed by atoms with Gasteiger partial charge in [-0.3, -0.25) is 0 Å². The van der Waals surface area contributed by atoms with Crippen LogP contribution in [0.3, 0.4) is 0 Å². The summed E-state index contributed by atoms with van der Waals surface area (Å²) in [6.45, 7) is 9.50. The second-order valence-electron chi connectivity index (χ2n) is 3.19. The SMILES string of the molecule is C/C=C\C1=C(C)CCCN1C.CC. The minimum absolute atomic E-state index is 1.21. The van der Waals surface area contributed by atoms with Gasteiger partial charge < -0.3 is 4.90 Å². The van der Waals surface area contributed by atoms with Crippen LogP contribution >= 0.6 is 0 Å². The van der Waals surface area contributed by atoms with Crippen molar-refractivity contribution >= 4 is 0 Å². The molecule has 0 aromatic heterocycles. The Morgan fingerprint density at radius 3 is 2.38 bits per heavy atom. The van der Waals surface area contributed by atoms with Crippen LogP contribution in [-0.4, -0.2) is 18.5 Å². The molecule has 1 rings (SSSR count). The fourth-order valence-corrected chi connectivity index (χ4v) is 1.58. The van der Waals surface area contributed by atoms with Crippen LogP contribution in [-0.2, 0) is 0 Å². The number of hydrogen-bond donors (Lipinski definition) is 0. The molecule has 0 bridgehead atoms. The van der Waals surface area contributed by atoms with Gasteiger partial charge in [0.1, 0.15) is 0 Å². The van der Waals surface area contributed by atoms with Crippen molar-refractivity contribution in [3.05, 3.63) is 23.4 Å². The standard InChI is InChI=1S/C10H17N.C2H6/c1-4-6-10-9(2)7-5-8-11(10)3;1-2/h4,6H,5,7-8H2,1-3H3;1-2H3/b6-4-;. The first-order valence-electron chi connectivity index (χ1n) is 5.29. The third-order valence-electron chi connectivity index (χ3n) is 2.22. The van der Waals surface area contributed by atoms with E-state index in [4.69, 9.17) is 0 Å². The van der Waals surface area contributed by atoms with Crippen LogP contribution in [0.2, 0.25) is 0 Å². The van der Waals surface area contributed by atoms with Gasteiger partial charge in [-0.05, 0) is 38.3 Å². The molecule has 0 fully saturated rings. The average molecular weight is 181 g/mol. The second kappa shape index (κ2) is 6.76. The zero-order valence-electron chi connectivity index (χ0n) is 9.72. The van der Waals surface area contributed by atoms with Gasteiger partial charge in [-0.15, -0.1) is 0 Å². The molecule has 1 aliphatic heterocycles. The Labute approximate surface area is 83.1 Å². The molecule has 0 spiro atoms. The van der Waals surface area contributed by atoms with E-state index in [1.54, 1.807) is 0 Å². The van der Waals surface area contributed by atoms with Gasteiger partial charge in [-0.1, -0.05) is 19.9 Å². The van der Waals surface area contributed by atoms with E-state index in [1.807, 2.05) is 13.8 Å². The van der Waals surface area contributed by atoms with Crippen molar-refractivity contribution in [1.29, 1.82) is 0 Å². The summed E-state index contributed by atoms with van der Waals surface area (Å²) in [5.41, 5.74) is 2.94. The van der Waals surface area contributed by atoms with E-state index >= 15 is 0 Å².